The second-order valence-electron chi connectivity index (χ2n) is 8.28. The summed E-state index contributed by atoms with van der Waals surface area (Å²) in [5.74, 6) is 0.0699. The number of carbonyl (C=O) groups excluding carboxylic acids is 1. The molecule has 1 heterocycles. The number of hydrogen-bond acceptors (Lipinski definition) is 2. The Hall–Kier alpha value is -2.91. The summed E-state index contributed by atoms with van der Waals surface area (Å²) < 4.78 is 5.61. The number of nitrogens with one attached hydrogen (secondary N) is 1. The van der Waals surface area contributed by atoms with Crippen molar-refractivity contribution in [1.82, 2.24) is 5.32 Å². The summed E-state index contributed by atoms with van der Waals surface area (Å²) >= 11 is 0. The SMILES string of the molecule is Cc1ccc(C2(CNC(=O)Cc3ccc(-c4ccccc4)cc3)CCOCC2)cc1. The quantitative estimate of drug-likeness (QED) is 0.628. The van der Waals surface area contributed by atoms with Gasteiger partial charge in [-0.05, 0) is 42.0 Å². The van der Waals surface area contributed by atoms with Crippen LogP contribution in [0.25, 0.3) is 11.1 Å². The van der Waals surface area contributed by atoms with E-state index in [1.807, 2.05) is 30.3 Å². The molecule has 154 valence electrons. The van der Waals surface area contributed by atoms with Crippen LogP contribution in [0.4, 0.5) is 0 Å². The molecule has 0 radical (unpaired) electrons. The van der Waals surface area contributed by atoms with Crippen molar-refractivity contribution < 1.29 is 9.53 Å². The molecule has 3 aromatic carbocycles. The lowest BCUT2D eigenvalue weighted by atomic mass is 9.74. The molecule has 1 aliphatic rings. The van der Waals surface area contributed by atoms with Gasteiger partial charge in [0, 0.05) is 25.2 Å². The molecule has 0 unspecified atom stereocenters. The molecule has 0 saturated carbocycles. The highest BCUT2D eigenvalue weighted by molar-refractivity contribution is 5.79. The van der Waals surface area contributed by atoms with Crippen LogP contribution in [-0.2, 0) is 21.4 Å². The largest absolute Gasteiger partial charge is 0.381 e. The summed E-state index contributed by atoms with van der Waals surface area (Å²) in [6.07, 6.45) is 2.26. The molecule has 0 bridgehead atoms. The fourth-order valence-electron chi connectivity index (χ4n) is 4.20. The molecular weight excluding hydrogens is 370 g/mol. The van der Waals surface area contributed by atoms with Crippen molar-refractivity contribution in [2.45, 2.75) is 31.6 Å². The Kier molecular flexibility index (Phi) is 6.29. The molecule has 0 spiro atoms. The van der Waals surface area contributed by atoms with Crippen LogP contribution in [0.2, 0.25) is 0 Å². The number of ether oxygens (including phenoxy) is 1. The van der Waals surface area contributed by atoms with Crippen molar-refractivity contribution in [3.63, 3.8) is 0 Å². The Balaban J connectivity index is 1.40. The van der Waals surface area contributed by atoms with Crippen molar-refractivity contribution in [3.8, 4) is 11.1 Å². The molecule has 0 aromatic heterocycles. The van der Waals surface area contributed by atoms with Crippen LogP contribution in [0, 0.1) is 6.92 Å². The summed E-state index contributed by atoms with van der Waals surface area (Å²) in [5.41, 5.74) is 5.89. The molecule has 3 heteroatoms. The van der Waals surface area contributed by atoms with Crippen molar-refractivity contribution in [1.29, 1.82) is 0 Å². The van der Waals surface area contributed by atoms with Crippen molar-refractivity contribution in [2.75, 3.05) is 19.8 Å². The van der Waals surface area contributed by atoms with E-state index in [9.17, 15) is 4.79 Å². The summed E-state index contributed by atoms with van der Waals surface area (Å²) in [7, 11) is 0. The van der Waals surface area contributed by atoms with Gasteiger partial charge in [-0.2, -0.15) is 0 Å². The number of amides is 1. The minimum atomic E-state index is -0.0429. The molecule has 1 saturated heterocycles. The molecule has 1 aliphatic heterocycles. The van der Waals surface area contributed by atoms with Gasteiger partial charge in [0.15, 0.2) is 0 Å². The molecule has 30 heavy (non-hydrogen) atoms. The normalized spacial score (nSPS) is 15.5. The summed E-state index contributed by atoms with van der Waals surface area (Å²) in [4.78, 5) is 12.7. The topological polar surface area (TPSA) is 38.3 Å². The van der Waals surface area contributed by atoms with Gasteiger partial charge < -0.3 is 10.1 Å². The summed E-state index contributed by atoms with van der Waals surface area (Å²) in [6, 6.07) is 27.3. The van der Waals surface area contributed by atoms with Crippen LogP contribution in [0.15, 0.2) is 78.9 Å². The van der Waals surface area contributed by atoms with E-state index in [4.69, 9.17) is 4.74 Å². The van der Waals surface area contributed by atoms with Crippen LogP contribution in [0.5, 0.6) is 0 Å². The van der Waals surface area contributed by atoms with Crippen molar-refractivity contribution in [2.24, 2.45) is 0 Å². The zero-order valence-corrected chi connectivity index (χ0v) is 17.6. The Labute approximate surface area is 179 Å². The van der Waals surface area contributed by atoms with Crippen LogP contribution in [-0.4, -0.2) is 25.7 Å². The number of benzene rings is 3. The number of carbonyl (C=O) groups is 1. The Morgan fingerprint density at radius 3 is 2.17 bits per heavy atom. The maximum Gasteiger partial charge on any atom is 0.224 e. The molecule has 3 nitrogen and oxygen atoms in total. The molecule has 1 N–H and O–H groups in total. The monoisotopic (exact) mass is 399 g/mol. The van der Waals surface area contributed by atoms with Gasteiger partial charge in [0.05, 0.1) is 6.42 Å². The van der Waals surface area contributed by atoms with E-state index >= 15 is 0 Å². The average molecular weight is 400 g/mol. The van der Waals surface area contributed by atoms with Crippen LogP contribution < -0.4 is 5.32 Å². The van der Waals surface area contributed by atoms with Gasteiger partial charge in [0.25, 0.3) is 0 Å². The Bertz CT molecular complexity index is 956. The van der Waals surface area contributed by atoms with E-state index in [1.54, 1.807) is 0 Å². The molecule has 1 amide bonds. The maximum atomic E-state index is 12.7. The van der Waals surface area contributed by atoms with Gasteiger partial charge in [-0.1, -0.05) is 84.4 Å². The lowest BCUT2D eigenvalue weighted by molar-refractivity contribution is -0.120. The van der Waals surface area contributed by atoms with Crippen molar-refractivity contribution >= 4 is 5.91 Å². The van der Waals surface area contributed by atoms with Crippen LogP contribution in [0.1, 0.15) is 29.5 Å². The predicted molar refractivity (Wildman–Crippen MR) is 122 cm³/mol. The smallest absolute Gasteiger partial charge is 0.224 e. The van der Waals surface area contributed by atoms with Gasteiger partial charge in [-0.25, -0.2) is 0 Å². The first-order valence-electron chi connectivity index (χ1n) is 10.7. The fraction of sp³-hybridized carbons (Fsp3) is 0.296. The zero-order valence-electron chi connectivity index (χ0n) is 17.6. The fourth-order valence-corrected chi connectivity index (χ4v) is 4.20. The first-order valence-corrected chi connectivity index (χ1v) is 10.7. The maximum absolute atomic E-state index is 12.7. The lowest BCUT2D eigenvalue weighted by Gasteiger charge is -2.38. The van der Waals surface area contributed by atoms with E-state index < -0.39 is 0 Å². The molecular formula is C27H29NO2. The molecule has 4 rings (SSSR count). The van der Waals surface area contributed by atoms with Crippen molar-refractivity contribution in [3.05, 3.63) is 95.6 Å². The third-order valence-electron chi connectivity index (χ3n) is 6.16. The van der Waals surface area contributed by atoms with E-state index in [2.05, 4.69) is 60.8 Å². The highest BCUT2D eigenvalue weighted by Crippen LogP contribution is 2.34. The second kappa shape index (κ2) is 9.27. The number of hydrogen-bond donors (Lipinski definition) is 1. The van der Waals surface area contributed by atoms with Crippen LogP contribution >= 0.6 is 0 Å². The third kappa shape index (κ3) is 4.80. The minimum absolute atomic E-state index is 0.0429. The molecule has 0 aliphatic carbocycles. The van der Waals surface area contributed by atoms with E-state index in [0.717, 1.165) is 31.6 Å². The summed E-state index contributed by atoms with van der Waals surface area (Å²) in [5, 5.41) is 3.21. The van der Waals surface area contributed by atoms with E-state index in [0.29, 0.717) is 13.0 Å². The lowest BCUT2D eigenvalue weighted by Crippen LogP contribution is -2.45. The first-order chi connectivity index (χ1) is 14.6. The van der Waals surface area contributed by atoms with Gasteiger partial charge in [0.1, 0.15) is 0 Å². The second-order valence-corrected chi connectivity index (χ2v) is 8.28. The molecule has 3 aromatic rings. The number of rotatable bonds is 6. The Morgan fingerprint density at radius 1 is 0.867 bits per heavy atom. The van der Waals surface area contributed by atoms with Gasteiger partial charge in [-0.15, -0.1) is 0 Å². The summed E-state index contributed by atoms with van der Waals surface area (Å²) in [6.45, 7) is 4.24. The van der Waals surface area contributed by atoms with Gasteiger partial charge in [-0.3, -0.25) is 4.79 Å². The molecule has 1 fully saturated rings. The third-order valence-corrected chi connectivity index (χ3v) is 6.16. The number of aryl methyl sites for hydroxylation is 1. The van der Waals surface area contributed by atoms with Crippen LogP contribution in [0.3, 0.4) is 0 Å². The highest BCUT2D eigenvalue weighted by Gasteiger charge is 2.34. The van der Waals surface area contributed by atoms with Gasteiger partial charge in [0.2, 0.25) is 5.91 Å². The average Bonchev–Trinajstić information content (AvgIpc) is 2.80. The first kappa shape index (κ1) is 20.4. The standard InChI is InChI=1S/C27H29NO2/c1-21-7-13-25(14-8-21)27(15-17-30-18-16-27)20-28-26(29)19-22-9-11-24(12-10-22)23-5-3-2-4-6-23/h2-14H,15-20H2,1H3,(H,28,29). The van der Waals surface area contributed by atoms with E-state index in [-0.39, 0.29) is 11.3 Å². The molecule has 0 atom stereocenters. The minimum Gasteiger partial charge on any atom is -0.381 e. The van der Waals surface area contributed by atoms with Gasteiger partial charge >= 0.3 is 0 Å². The Morgan fingerprint density at radius 2 is 1.50 bits per heavy atom. The van der Waals surface area contributed by atoms with E-state index in [1.165, 1.54) is 22.3 Å². The highest BCUT2D eigenvalue weighted by atomic mass is 16.5. The zero-order chi connectivity index (χ0) is 20.8. The predicted octanol–water partition coefficient (Wildman–Crippen LogP) is 5.07.